The third-order valence-electron chi connectivity index (χ3n) is 5.26. The molecule has 2 rings (SSSR count). The van der Waals surface area contributed by atoms with Crippen LogP contribution in [0.15, 0.2) is 28.7 Å². The maximum Gasteiger partial charge on any atom is 0.337 e. The second kappa shape index (κ2) is 9.80. The van der Waals surface area contributed by atoms with Gasteiger partial charge in [-0.05, 0) is 30.7 Å². The van der Waals surface area contributed by atoms with E-state index < -0.39 is 0 Å². The van der Waals surface area contributed by atoms with Crippen molar-refractivity contribution in [1.82, 2.24) is 0 Å². The Morgan fingerprint density at radius 1 is 1.00 bits per heavy atom. The van der Waals surface area contributed by atoms with Crippen LogP contribution in [0.4, 0.5) is 0 Å². The smallest absolute Gasteiger partial charge is 0.337 e. The highest BCUT2D eigenvalue weighted by Gasteiger charge is 2.24. The van der Waals surface area contributed by atoms with E-state index in [0.717, 1.165) is 23.2 Å². The van der Waals surface area contributed by atoms with Gasteiger partial charge in [0.2, 0.25) is 0 Å². The molecule has 3 nitrogen and oxygen atoms in total. The minimum absolute atomic E-state index is 0.00661. The van der Waals surface area contributed by atoms with Crippen LogP contribution in [0.25, 0.3) is 11.0 Å². The van der Waals surface area contributed by atoms with Crippen molar-refractivity contribution < 1.29 is 13.9 Å². The molecule has 0 radical (unpaired) electrons. The molecular weight excluding hydrogens is 324 g/mol. The van der Waals surface area contributed by atoms with E-state index in [1.807, 2.05) is 12.1 Å². The van der Waals surface area contributed by atoms with E-state index in [0.29, 0.717) is 5.56 Å². The highest BCUT2D eigenvalue weighted by Crippen LogP contribution is 2.34. The molecule has 0 saturated heterocycles. The zero-order chi connectivity index (χ0) is 19.0. The number of carbonyl (C=O) groups excluding carboxylic acids is 1. The molecule has 0 fully saturated rings. The first-order chi connectivity index (χ1) is 12.5. The first-order valence-corrected chi connectivity index (χ1v) is 10.1. The van der Waals surface area contributed by atoms with Gasteiger partial charge in [-0.3, -0.25) is 0 Å². The first kappa shape index (κ1) is 20.5. The lowest BCUT2D eigenvalue weighted by molar-refractivity contribution is 0.0601. The first-order valence-electron chi connectivity index (χ1n) is 10.1. The minimum atomic E-state index is -0.312. The van der Waals surface area contributed by atoms with Gasteiger partial charge in [-0.1, -0.05) is 72.1 Å². The van der Waals surface area contributed by atoms with Crippen LogP contribution >= 0.6 is 0 Å². The van der Waals surface area contributed by atoms with E-state index in [-0.39, 0.29) is 11.4 Å². The third-order valence-corrected chi connectivity index (χ3v) is 5.26. The molecule has 0 saturated carbocycles. The monoisotopic (exact) mass is 358 g/mol. The van der Waals surface area contributed by atoms with Gasteiger partial charge >= 0.3 is 5.97 Å². The molecule has 0 aliphatic carbocycles. The van der Waals surface area contributed by atoms with Crippen LogP contribution in [0.3, 0.4) is 0 Å². The lowest BCUT2D eigenvalue weighted by atomic mass is 9.84. The summed E-state index contributed by atoms with van der Waals surface area (Å²) in [6, 6.07) is 7.54. The van der Waals surface area contributed by atoms with E-state index in [4.69, 9.17) is 9.15 Å². The zero-order valence-electron chi connectivity index (χ0n) is 16.9. The molecule has 0 atom stereocenters. The Labute approximate surface area is 158 Å². The van der Waals surface area contributed by atoms with Gasteiger partial charge in [-0.25, -0.2) is 4.79 Å². The predicted octanol–water partition coefficient (Wildman–Crippen LogP) is 7.03. The van der Waals surface area contributed by atoms with Crippen molar-refractivity contribution in [2.75, 3.05) is 7.11 Å². The van der Waals surface area contributed by atoms with Gasteiger partial charge in [0.1, 0.15) is 11.3 Å². The van der Waals surface area contributed by atoms with Gasteiger partial charge in [0.15, 0.2) is 0 Å². The Hall–Kier alpha value is -1.77. The molecule has 0 spiro atoms. The third kappa shape index (κ3) is 5.62. The van der Waals surface area contributed by atoms with Crippen molar-refractivity contribution in [3.63, 3.8) is 0 Å². The highest BCUT2D eigenvalue weighted by molar-refractivity contribution is 5.94. The number of carbonyl (C=O) groups is 1. The molecular formula is C23H34O3. The number of hydrogen-bond acceptors (Lipinski definition) is 3. The summed E-state index contributed by atoms with van der Waals surface area (Å²) in [6.07, 6.45) is 11.8. The summed E-state index contributed by atoms with van der Waals surface area (Å²) in [5.41, 5.74) is 1.40. The van der Waals surface area contributed by atoms with Crippen molar-refractivity contribution in [3.8, 4) is 0 Å². The number of rotatable bonds is 11. The Balaban J connectivity index is 1.88. The molecule has 0 unspecified atom stereocenters. The SMILES string of the molecule is CCCCCCCCCCC(C)(C)c1cc2cc(C(=O)OC)ccc2o1. The average molecular weight is 359 g/mol. The molecule has 2 aromatic rings. The van der Waals surface area contributed by atoms with E-state index in [1.165, 1.54) is 58.5 Å². The van der Waals surface area contributed by atoms with Crippen molar-refractivity contribution in [3.05, 3.63) is 35.6 Å². The Morgan fingerprint density at radius 3 is 2.31 bits per heavy atom. The number of furan rings is 1. The molecule has 1 aromatic carbocycles. The quantitative estimate of drug-likeness (QED) is 0.320. The van der Waals surface area contributed by atoms with Crippen LogP contribution in [0, 0.1) is 0 Å². The van der Waals surface area contributed by atoms with Gasteiger partial charge in [0.25, 0.3) is 0 Å². The van der Waals surface area contributed by atoms with Crippen molar-refractivity contribution >= 4 is 16.9 Å². The normalized spacial score (nSPS) is 11.8. The van der Waals surface area contributed by atoms with Crippen LogP contribution in [0.2, 0.25) is 0 Å². The number of benzene rings is 1. The van der Waals surface area contributed by atoms with Gasteiger partial charge < -0.3 is 9.15 Å². The van der Waals surface area contributed by atoms with Crippen LogP contribution < -0.4 is 0 Å². The van der Waals surface area contributed by atoms with Gasteiger partial charge in [0, 0.05) is 10.8 Å². The molecule has 26 heavy (non-hydrogen) atoms. The van der Waals surface area contributed by atoms with Crippen LogP contribution in [-0.2, 0) is 10.2 Å². The molecule has 0 aliphatic heterocycles. The Morgan fingerprint density at radius 2 is 1.65 bits per heavy atom. The van der Waals surface area contributed by atoms with E-state index in [9.17, 15) is 4.79 Å². The molecule has 1 aromatic heterocycles. The van der Waals surface area contributed by atoms with E-state index in [1.54, 1.807) is 6.07 Å². The second-order valence-electron chi connectivity index (χ2n) is 7.96. The predicted molar refractivity (Wildman–Crippen MR) is 108 cm³/mol. The van der Waals surface area contributed by atoms with Crippen molar-refractivity contribution in [1.29, 1.82) is 0 Å². The summed E-state index contributed by atoms with van der Waals surface area (Å²) in [5.74, 6) is 0.685. The summed E-state index contributed by atoms with van der Waals surface area (Å²) in [5, 5.41) is 0.965. The molecule has 144 valence electrons. The molecule has 0 bridgehead atoms. The molecule has 0 aliphatic rings. The Kier molecular flexibility index (Phi) is 7.74. The standard InChI is InChI=1S/C23H34O3/c1-5-6-7-8-9-10-11-12-15-23(2,3)21-17-19-16-18(22(24)25-4)13-14-20(19)26-21/h13-14,16-17H,5-12,15H2,1-4H3. The van der Waals surface area contributed by atoms with Crippen LogP contribution in [-0.4, -0.2) is 13.1 Å². The summed E-state index contributed by atoms with van der Waals surface area (Å²) in [7, 11) is 1.40. The fraction of sp³-hybridized carbons (Fsp3) is 0.609. The lowest BCUT2D eigenvalue weighted by Crippen LogP contribution is -2.15. The number of methoxy groups -OCH3 is 1. The van der Waals surface area contributed by atoms with Gasteiger partial charge in [0.05, 0.1) is 12.7 Å². The van der Waals surface area contributed by atoms with Crippen LogP contribution in [0.1, 0.15) is 94.7 Å². The van der Waals surface area contributed by atoms with E-state index >= 15 is 0 Å². The number of hydrogen-bond donors (Lipinski definition) is 0. The summed E-state index contributed by atoms with van der Waals surface area (Å²) >= 11 is 0. The van der Waals surface area contributed by atoms with Crippen LogP contribution in [0.5, 0.6) is 0 Å². The number of fused-ring (bicyclic) bond motifs is 1. The maximum atomic E-state index is 11.7. The zero-order valence-corrected chi connectivity index (χ0v) is 16.9. The van der Waals surface area contributed by atoms with E-state index in [2.05, 4.69) is 26.8 Å². The summed E-state index contributed by atoms with van der Waals surface area (Å²) < 4.78 is 10.9. The van der Waals surface area contributed by atoms with Gasteiger partial charge in [-0.2, -0.15) is 0 Å². The van der Waals surface area contributed by atoms with Crippen molar-refractivity contribution in [2.45, 2.75) is 84.0 Å². The lowest BCUT2D eigenvalue weighted by Gasteiger charge is -2.21. The second-order valence-corrected chi connectivity index (χ2v) is 7.96. The summed E-state index contributed by atoms with van der Waals surface area (Å²) in [4.78, 5) is 11.7. The molecule has 1 heterocycles. The average Bonchev–Trinajstić information content (AvgIpc) is 3.07. The largest absolute Gasteiger partial charge is 0.465 e. The summed E-state index contributed by atoms with van der Waals surface area (Å²) in [6.45, 7) is 6.75. The highest BCUT2D eigenvalue weighted by atomic mass is 16.5. The van der Waals surface area contributed by atoms with Gasteiger partial charge in [-0.15, -0.1) is 0 Å². The number of unbranched alkanes of at least 4 members (excludes halogenated alkanes) is 7. The minimum Gasteiger partial charge on any atom is -0.465 e. The molecule has 0 amide bonds. The number of ether oxygens (including phenoxy) is 1. The topological polar surface area (TPSA) is 39.4 Å². The maximum absolute atomic E-state index is 11.7. The fourth-order valence-electron chi connectivity index (χ4n) is 3.45. The Bertz CT molecular complexity index is 697. The number of esters is 1. The molecule has 3 heteroatoms. The van der Waals surface area contributed by atoms with Crippen molar-refractivity contribution in [2.24, 2.45) is 0 Å². The fourth-order valence-corrected chi connectivity index (χ4v) is 3.45. The molecule has 0 N–H and O–H groups in total.